The summed E-state index contributed by atoms with van der Waals surface area (Å²) in [5, 5.41) is 0.271. The van der Waals surface area contributed by atoms with E-state index in [0.717, 1.165) is 11.3 Å². The first-order chi connectivity index (χ1) is 15.5. The number of hydrogen-bond acceptors (Lipinski definition) is 7. The number of hydrogen-bond donors (Lipinski definition) is 0. The first-order valence-electron chi connectivity index (χ1n) is 10.4. The lowest BCUT2D eigenvalue weighted by Gasteiger charge is -2.30. The van der Waals surface area contributed by atoms with E-state index < -0.39 is 17.8 Å². The normalized spacial score (nSPS) is 14.5. The van der Waals surface area contributed by atoms with Crippen LogP contribution in [-0.4, -0.2) is 42.4 Å². The highest BCUT2D eigenvalue weighted by Crippen LogP contribution is 2.34. The molecule has 7 nitrogen and oxygen atoms in total. The molecule has 1 aliphatic heterocycles. The summed E-state index contributed by atoms with van der Waals surface area (Å²) in [6.45, 7) is 2.46. The number of ether oxygens (including phenoxy) is 2. The molecule has 3 heterocycles. The van der Waals surface area contributed by atoms with Crippen molar-refractivity contribution >= 4 is 39.3 Å². The van der Waals surface area contributed by atoms with Crippen molar-refractivity contribution in [2.24, 2.45) is 5.92 Å². The Morgan fingerprint density at radius 1 is 1.16 bits per heavy atom. The van der Waals surface area contributed by atoms with Crippen molar-refractivity contribution in [1.82, 2.24) is 4.90 Å². The van der Waals surface area contributed by atoms with Crippen LogP contribution >= 0.6 is 11.3 Å². The summed E-state index contributed by atoms with van der Waals surface area (Å²) in [7, 11) is 0. The molecule has 2 aromatic heterocycles. The second kappa shape index (κ2) is 9.52. The fraction of sp³-hybridized carbons (Fsp3) is 0.348. The molecule has 0 atom stereocenters. The Balaban J connectivity index is 1.42. The van der Waals surface area contributed by atoms with Crippen LogP contribution in [0.3, 0.4) is 0 Å². The molecule has 0 unspecified atom stereocenters. The van der Waals surface area contributed by atoms with Crippen LogP contribution in [0, 0.1) is 11.7 Å². The standard InChI is InChI=1S/C23H22FNO6S/c1-2-29-23(28)20-15(19-16(24)5-3-7-18(19)32-20)13-31-22(27)14-8-10-25(11-9-14)21(26)17-6-4-12-30-17/h3-7,12,14H,2,8-11,13H2,1H3. The van der Waals surface area contributed by atoms with E-state index in [2.05, 4.69) is 0 Å². The Hall–Kier alpha value is -3.20. The van der Waals surface area contributed by atoms with Crippen molar-refractivity contribution in [3.05, 3.63) is 58.6 Å². The molecule has 0 N–H and O–H groups in total. The van der Waals surface area contributed by atoms with E-state index in [0.29, 0.717) is 36.2 Å². The van der Waals surface area contributed by atoms with Crippen LogP contribution in [0.2, 0.25) is 0 Å². The van der Waals surface area contributed by atoms with E-state index in [-0.39, 0.29) is 41.1 Å². The van der Waals surface area contributed by atoms with Crippen molar-refractivity contribution < 1.29 is 32.7 Å². The molecular weight excluding hydrogens is 437 g/mol. The molecule has 3 aromatic rings. The van der Waals surface area contributed by atoms with Crippen LogP contribution in [0.5, 0.6) is 0 Å². The van der Waals surface area contributed by atoms with E-state index in [1.165, 1.54) is 12.3 Å². The summed E-state index contributed by atoms with van der Waals surface area (Å²) < 4.78 is 30.8. The lowest BCUT2D eigenvalue weighted by Crippen LogP contribution is -2.40. The monoisotopic (exact) mass is 459 g/mol. The lowest BCUT2D eigenvalue weighted by molar-refractivity contribution is -0.151. The van der Waals surface area contributed by atoms with Gasteiger partial charge in [0.05, 0.1) is 18.8 Å². The number of carbonyl (C=O) groups is 3. The average molecular weight is 459 g/mol. The molecule has 1 aromatic carbocycles. The van der Waals surface area contributed by atoms with E-state index in [4.69, 9.17) is 13.9 Å². The number of carbonyl (C=O) groups excluding carboxylic acids is 3. The largest absolute Gasteiger partial charge is 0.462 e. The van der Waals surface area contributed by atoms with Gasteiger partial charge in [0.2, 0.25) is 0 Å². The quantitative estimate of drug-likeness (QED) is 0.508. The number of rotatable bonds is 6. The second-order valence-electron chi connectivity index (χ2n) is 7.39. The Morgan fingerprint density at radius 3 is 2.62 bits per heavy atom. The number of amides is 1. The van der Waals surface area contributed by atoms with Crippen LogP contribution in [0.1, 0.15) is 45.6 Å². The number of benzene rings is 1. The fourth-order valence-electron chi connectivity index (χ4n) is 3.80. The van der Waals surface area contributed by atoms with E-state index in [1.807, 2.05) is 0 Å². The van der Waals surface area contributed by atoms with Gasteiger partial charge < -0.3 is 18.8 Å². The SMILES string of the molecule is CCOC(=O)c1sc2cccc(F)c2c1COC(=O)C1CCN(C(=O)c2ccco2)CC1. The molecule has 168 valence electrons. The van der Waals surface area contributed by atoms with Crippen molar-refractivity contribution in [3.8, 4) is 0 Å². The topological polar surface area (TPSA) is 86.0 Å². The van der Waals surface area contributed by atoms with Crippen LogP contribution in [0.15, 0.2) is 41.0 Å². The van der Waals surface area contributed by atoms with Gasteiger partial charge in [-0.3, -0.25) is 9.59 Å². The Kier molecular flexibility index (Phi) is 6.55. The zero-order chi connectivity index (χ0) is 22.7. The zero-order valence-electron chi connectivity index (χ0n) is 17.5. The van der Waals surface area contributed by atoms with Crippen molar-refractivity contribution in [3.63, 3.8) is 0 Å². The average Bonchev–Trinajstić information content (AvgIpc) is 3.46. The highest BCUT2D eigenvalue weighted by Gasteiger charge is 2.30. The summed E-state index contributed by atoms with van der Waals surface area (Å²) in [5.41, 5.74) is 0.320. The summed E-state index contributed by atoms with van der Waals surface area (Å²) in [4.78, 5) is 39.3. The number of furan rings is 1. The number of thiophene rings is 1. The van der Waals surface area contributed by atoms with Crippen LogP contribution < -0.4 is 0 Å². The number of nitrogens with zero attached hydrogens (tertiary/aromatic N) is 1. The molecule has 32 heavy (non-hydrogen) atoms. The molecule has 0 bridgehead atoms. The Bertz CT molecular complexity index is 1130. The Labute approximate surface area is 187 Å². The molecule has 0 radical (unpaired) electrons. The first kappa shape index (κ1) is 22.0. The maximum Gasteiger partial charge on any atom is 0.348 e. The van der Waals surface area contributed by atoms with Gasteiger partial charge in [0, 0.05) is 28.7 Å². The summed E-state index contributed by atoms with van der Waals surface area (Å²) in [5.74, 6) is -1.80. The van der Waals surface area contributed by atoms with Gasteiger partial charge in [0.1, 0.15) is 17.3 Å². The molecule has 9 heteroatoms. The second-order valence-corrected chi connectivity index (χ2v) is 8.45. The van der Waals surface area contributed by atoms with Gasteiger partial charge in [0.15, 0.2) is 5.76 Å². The Morgan fingerprint density at radius 2 is 1.94 bits per heavy atom. The number of likely N-dealkylation sites (tertiary alicyclic amines) is 1. The molecule has 0 aliphatic carbocycles. The van der Waals surface area contributed by atoms with Gasteiger partial charge in [-0.25, -0.2) is 9.18 Å². The highest BCUT2D eigenvalue weighted by molar-refractivity contribution is 7.21. The number of esters is 2. The maximum absolute atomic E-state index is 14.5. The molecule has 1 amide bonds. The molecule has 4 rings (SSSR count). The molecule has 0 spiro atoms. The highest BCUT2D eigenvalue weighted by atomic mass is 32.1. The molecular formula is C23H22FNO6S. The van der Waals surface area contributed by atoms with E-state index in [9.17, 15) is 18.8 Å². The maximum atomic E-state index is 14.5. The molecule has 1 fully saturated rings. The smallest absolute Gasteiger partial charge is 0.348 e. The minimum Gasteiger partial charge on any atom is -0.462 e. The summed E-state index contributed by atoms with van der Waals surface area (Å²) in [6, 6.07) is 7.84. The number of piperidine rings is 1. The number of halogens is 1. The molecule has 0 saturated carbocycles. The predicted molar refractivity (Wildman–Crippen MR) is 115 cm³/mol. The molecule has 1 saturated heterocycles. The predicted octanol–water partition coefficient (Wildman–Crippen LogP) is 4.41. The summed E-state index contributed by atoms with van der Waals surface area (Å²) in [6.07, 6.45) is 2.35. The van der Waals surface area contributed by atoms with Gasteiger partial charge in [0.25, 0.3) is 5.91 Å². The van der Waals surface area contributed by atoms with Crippen LogP contribution in [0.4, 0.5) is 4.39 Å². The van der Waals surface area contributed by atoms with Crippen molar-refractivity contribution in [1.29, 1.82) is 0 Å². The number of fused-ring (bicyclic) bond motifs is 1. The minimum atomic E-state index is -0.566. The van der Waals surface area contributed by atoms with Gasteiger partial charge in [-0.2, -0.15) is 0 Å². The minimum absolute atomic E-state index is 0.185. The van der Waals surface area contributed by atoms with Crippen molar-refractivity contribution in [2.75, 3.05) is 19.7 Å². The van der Waals surface area contributed by atoms with Gasteiger partial charge in [-0.05, 0) is 44.0 Å². The third-order valence-corrected chi connectivity index (χ3v) is 6.61. The fourth-order valence-corrected chi connectivity index (χ4v) is 4.92. The summed E-state index contributed by atoms with van der Waals surface area (Å²) >= 11 is 1.12. The van der Waals surface area contributed by atoms with Crippen LogP contribution in [-0.2, 0) is 20.9 Å². The van der Waals surface area contributed by atoms with Crippen LogP contribution in [0.25, 0.3) is 10.1 Å². The van der Waals surface area contributed by atoms with Gasteiger partial charge in [-0.15, -0.1) is 11.3 Å². The van der Waals surface area contributed by atoms with Gasteiger partial charge in [-0.1, -0.05) is 6.07 Å². The first-order valence-corrected chi connectivity index (χ1v) is 11.2. The van der Waals surface area contributed by atoms with E-state index >= 15 is 0 Å². The van der Waals surface area contributed by atoms with Crippen molar-refractivity contribution in [2.45, 2.75) is 26.4 Å². The zero-order valence-corrected chi connectivity index (χ0v) is 18.3. The lowest BCUT2D eigenvalue weighted by atomic mass is 9.97. The third kappa shape index (κ3) is 4.38. The third-order valence-electron chi connectivity index (χ3n) is 5.43. The molecule has 1 aliphatic rings. The van der Waals surface area contributed by atoms with E-state index in [1.54, 1.807) is 36.1 Å². The van der Waals surface area contributed by atoms with Gasteiger partial charge >= 0.3 is 11.9 Å².